The molecule has 3 N–H and O–H groups in total. The number of rotatable bonds is 4. The number of nitrogens with zero attached hydrogens (tertiary/aromatic N) is 2. The Bertz CT molecular complexity index is 1280. The number of carbonyl (C=O) groups excluding carboxylic acids is 1. The molecule has 3 aliphatic heterocycles. The van der Waals surface area contributed by atoms with Crippen molar-refractivity contribution < 1.29 is 14.3 Å². The molecule has 0 bridgehead atoms. The molecule has 1 aromatic heterocycles. The van der Waals surface area contributed by atoms with E-state index in [1.165, 1.54) is 17.7 Å². The average molecular weight is 511 g/mol. The Balaban J connectivity index is 1.01. The number of aliphatic hydroxyl groups is 1. The number of β-amino-alcohol motifs (C(OH)–C–C–N with tert-alkyl or cyclic N) is 1. The molecule has 2 aromatic carbocycles. The lowest BCUT2D eigenvalue weighted by Gasteiger charge is -2.41. The lowest BCUT2D eigenvalue weighted by molar-refractivity contribution is 0.0203. The normalized spacial score (nSPS) is 21.0. The highest BCUT2D eigenvalue weighted by atomic mass is 35.5. The van der Waals surface area contributed by atoms with Gasteiger partial charge in [0.05, 0.1) is 6.10 Å². The molecule has 0 aliphatic carbocycles. The second-order valence-electron chi connectivity index (χ2n) is 10.7. The molecule has 0 saturated carbocycles. The molecular weight excluding hydrogens is 479 g/mol. The number of halogens is 2. The molecule has 6 nitrogen and oxygen atoms in total. The maximum Gasteiger partial charge on any atom is 0.270 e. The van der Waals surface area contributed by atoms with Crippen LogP contribution in [0.3, 0.4) is 0 Å². The van der Waals surface area contributed by atoms with Gasteiger partial charge in [-0.1, -0.05) is 17.7 Å². The third-order valence-electron chi connectivity index (χ3n) is 8.61. The summed E-state index contributed by atoms with van der Waals surface area (Å²) in [7, 11) is 0. The van der Waals surface area contributed by atoms with Gasteiger partial charge in [0.1, 0.15) is 11.5 Å². The molecule has 3 aromatic rings. The molecule has 1 spiro atoms. The molecule has 8 heteroatoms. The van der Waals surface area contributed by atoms with Crippen LogP contribution in [0.2, 0.25) is 5.02 Å². The van der Waals surface area contributed by atoms with E-state index in [0.29, 0.717) is 30.7 Å². The number of hydrogen-bond acceptors (Lipinski definition) is 4. The Labute approximate surface area is 215 Å². The highest BCUT2D eigenvalue weighted by molar-refractivity contribution is 6.30. The van der Waals surface area contributed by atoms with Crippen LogP contribution in [-0.4, -0.2) is 71.2 Å². The first-order valence-electron chi connectivity index (χ1n) is 12.9. The standard InChI is InChI=1S/C28H32ClFN4O2/c29-20-1-3-22-24(15-20)31-17-28(22)7-11-33(12-8-28)16-26(35)18-5-9-34(10-6-18)27(36)25-14-19-13-21(30)2-4-23(19)32-25/h1-4,13-15,18,26,31-32,35H,5-12,16-17H2. The number of fused-ring (bicyclic) bond motifs is 3. The van der Waals surface area contributed by atoms with E-state index in [2.05, 4.69) is 21.3 Å². The Morgan fingerprint density at radius 1 is 1.11 bits per heavy atom. The van der Waals surface area contributed by atoms with Gasteiger partial charge in [-0.3, -0.25) is 4.79 Å². The van der Waals surface area contributed by atoms with Gasteiger partial charge in [0.2, 0.25) is 0 Å². The molecular formula is C28H32ClFN4O2. The number of carbonyl (C=O) groups is 1. The van der Waals surface area contributed by atoms with Gasteiger partial charge >= 0.3 is 0 Å². The van der Waals surface area contributed by atoms with Crippen LogP contribution >= 0.6 is 11.6 Å². The quantitative estimate of drug-likeness (QED) is 0.478. The van der Waals surface area contributed by atoms with Gasteiger partial charge in [-0.15, -0.1) is 0 Å². The highest BCUT2D eigenvalue weighted by Gasteiger charge is 2.42. The predicted molar refractivity (Wildman–Crippen MR) is 140 cm³/mol. The summed E-state index contributed by atoms with van der Waals surface area (Å²) in [5.41, 5.74) is 3.96. The summed E-state index contributed by atoms with van der Waals surface area (Å²) in [6.45, 7) is 4.83. The van der Waals surface area contributed by atoms with Gasteiger partial charge in [0.25, 0.3) is 5.91 Å². The molecule has 3 aliphatic rings. The second kappa shape index (κ2) is 9.36. The molecule has 2 fully saturated rings. The molecule has 190 valence electrons. The van der Waals surface area contributed by atoms with Gasteiger partial charge < -0.3 is 25.2 Å². The molecule has 1 amide bonds. The highest BCUT2D eigenvalue weighted by Crippen LogP contribution is 2.44. The van der Waals surface area contributed by atoms with Crippen LogP contribution in [0.1, 0.15) is 41.7 Å². The maximum atomic E-state index is 13.5. The summed E-state index contributed by atoms with van der Waals surface area (Å²) in [5, 5.41) is 16.0. The van der Waals surface area contributed by atoms with E-state index in [1.807, 2.05) is 17.0 Å². The number of aromatic amines is 1. The Hall–Kier alpha value is -2.61. The van der Waals surface area contributed by atoms with Gasteiger partial charge in [-0.25, -0.2) is 4.39 Å². The molecule has 1 unspecified atom stereocenters. The van der Waals surface area contributed by atoms with E-state index in [4.69, 9.17) is 11.6 Å². The smallest absolute Gasteiger partial charge is 0.270 e. The fourth-order valence-electron chi connectivity index (χ4n) is 6.38. The van der Waals surface area contributed by atoms with Crippen LogP contribution in [0.5, 0.6) is 0 Å². The van der Waals surface area contributed by atoms with E-state index in [-0.39, 0.29) is 29.2 Å². The number of aromatic nitrogens is 1. The van der Waals surface area contributed by atoms with Gasteiger partial charge in [0.15, 0.2) is 0 Å². The monoisotopic (exact) mass is 510 g/mol. The third-order valence-corrected chi connectivity index (χ3v) is 8.85. The van der Waals surface area contributed by atoms with E-state index in [1.54, 1.807) is 12.1 Å². The van der Waals surface area contributed by atoms with Crippen molar-refractivity contribution in [3.05, 3.63) is 64.6 Å². The lowest BCUT2D eigenvalue weighted by atomic mass is 9.74. The summed E-state index contributed by atoms with van der Waals surface area (Å²) >= 11 is 6.17. The molecule has 4 heterocycles. The number of amides is 1. The van der Waals surface area contributed by atoms with E-state index in [0.717, 1.165) is 61.5 Å². The first-order valence-corrected chi connectivity index (χ1v) is 13.3. The summed E-state index contributed by atoms with van der Waals surface area (Å²) in [5.74, 6) is -0.181. The van der Waals surface area contributed by atoms with Crippen LogP contribution in [0, 0.1) is 11.7 Å². The largest absolute Gasteiger partial charge is 0.392 e. The van der Waals surface area contributed by atoms with Crippen molar-refractivity contribution in [3.8, 4) is 0 Å². The fourth-order valence-corrected chi connectivity index (χ4v) is 6.56. The topological polar surface area (TPSA) is 71.6 Å². The van der Waals surface area contributed by atoms with Crippen LogP contribution < -0.4 is 5.32 Å². The lowest BCUT2D eigenvalue weighted by Crippen LogP contribution is -2.48. The SMILES string of the molecule is O=C(c1cc2cc(F)ccc2[nH]1)N1CCC(C(O)CN2CCC3(CC2)CNc2cc(Cl)ccc23)CC1. The van der Waals surface area contributed by atoms with Crippen molar-refractivity contribution in [1.82, 2.24) is 14.8 Å². The number of piperidine rings is 2. The third kappa shape index (κ3) is 4.38. The zero-order chi connectivity index (χ0) is 24.9. The van der Waals surface area contributed by atoms with Crippen molar-refractivity contribution >= 4 is 34.1 Å². The van der Waals surface area contributed by atoms with Crippen LogP contribution in [0.4, 0.5) is 10.1 Å². The van der Waals surface area contributed by atoms with Crippen molar-refractivity contribution in [2.45, 2.75) is 37.2 Å². The second-order valence-corrected chi connectivity index (χ2v) is 11.2. The summed E-state index contributed by atoms with van der Waals surface area (Å²) < 4.78 is 13.5. The maximum absolute atomic E-state index is 13.5. The number of H-pyrrole nitrogens is 1. The number of likely N-dealkylation sites (tertiary alicyclic amines) is 2. The minimum atomic E-state index is -0.389. The molecule has 6 rings (SSSR count). The summed E-state index contributed by atoms with van der Waals surface area (Å²) in [4.78, 5) is 20.3. The molecule has 1 atom stereocenters. The number of anilines is 1. The van der Waals surface area contributed by atoms with Crippen molar-refractivity contribution in [1.29, 1.82) is 0 Å². The van der Waals surface area contributed by atoms with Crippen molar-refractivity contribution in [2.24, 2.45) is 5.92 Å². The minimum absolute atomic E-state index is 0.0624. The minimum Gasteiger partial charge on any atom is -0.392 e. The first kappa shape index (κ1) is 23.8. The number of nitrogens with one attached hydrogen (secondary N) is 2. The van der Waals surface area contributed by atoms with Crippen molar-refractivity contribution in [3.63, 3.8) is 0 Å². The Kier molecular flexibility index (Phi) is 6.18. The molecule has 2 saturated heterocycles. The number of benzene rings is 2. The van der Waals surface area contributed by atoms with E-state index in [9.17, 15) is 14.3 Å². The predicted octanol–water partition coefficient (Wildman–Crippen LogP) is 4.63. The number of aliphatic hydroxyl groups excluding tert-OH is 1. The van der Waals surface area contributed by atoms with Gasteiger partial charge in [-0.05, 0) is 86.7 Å². The van der Waals surface area contributed by atoms with Gasteiger partial charge in [0, 0.05) is 53.2 Å². The van der Waals surface area contributed by atoms with Gasteiger partial charge in [-0.2, -0.15) is 0 Å². The zero-order valence-electron chi connectivity index (χ0n) is 20.3. The van der Waals surface area contributed by atoms with E-state index < -0.39 is 0 Å². The Morgan fingerprint density at radius 2 is 1.89 bits per heavy atom. The zero-order valence-corrected chi connectivity index (χ0v) is 21.0. The summed E-state index contributed by atoms with van der Waals surface area (Å²) in [6.07, 6.45) is 3.33. The fraction of sp³-hybridized carbons (Fsp3) is 0.464. The summed E-state index contributed by atoms with van der Waals surface area (Å²) in [6, 6.07) is 12.4. The molecule has 0 radical (unpaired) electrons. The van der Waals surface area contributed by atoms with Crippen LogP contribution in [0.15, 0.2) is 42.5 Å². The average Bonchev–Trinajstić information content (AvgIpc) is 3.46. The Morgan fingerprint density at radius 3 is 2.67 bits per heavy atom. The van der Waals surface area contributed by atoms with Crippen molar-refractivity contribution in [2.75, 3.05) is 44.6 Å². The van der Waals surface area contributed by atoms with E-state index >= 15 is 0 Å². The molecule has 36 heavy (non-hydrogen) atoms. The first-order chi connectivity index (χ1) is 17.4. The van der Waals surface area contributed by atoms with Crippen LogP contribution in [0.25, 0.3) is 10.9 Å². The number of hydrogen-bond donors (Lipinski definition) is 3. The van der Waals surface area contributed by atoms with Crippen LogP contribution in [-0.2, 0) is 5.41 Å².